The number of aliphatic imine (C=N–C) groups is 1. The van der Waals surface area contributed by atoms with E-state index in [1.807, 2.05) is 14.0 Å². The van der Waals surface area contributed by atoms with Crippen LogP contribution in [0.25, 0.3) is 0 Å². The predicted octanol–water partition coefficient (Wildman–Crippen LogP) is 2.50. The van der Waals surface area contributed by atoms with E-state index in [-0.39, 0.29) is 5.54 Å². The molecule has 1 heterocycles. The van der Waals surface area contributed by atoms with Gasteiger partial charge in [0.2, 0.25) is 0 Å². The smallest absolute Gasteiger partial charge is 0.194 e. The molecule has 0 aromatic rings. The number of nitrogens with zero attached hydrogens (tertiary/aromatic N) is 2. The summed E-state index contributed by atoms with van der Waals surface area (Å²) in [6, 6.07) is 0. The van der Waals surface area contributed by atoms with E-state index in [0.29, 0.717) is 5.41 Å². The zero-order valence-corrected chi connectivity index (χ0v) is 13.5. The molecule has 0 aromatic carbocycles. The molecule has 1 aliphatic rings. The van der Waals surface area contributed by atoms with Crippen LogP contribution in [0, 0.1) is 5.41 Å². The van der Waals surface area contributed by atoms with E-state index >= 15 is 0 Å². The normalized spacial score (nSPS) is 21.2. The Hall–Kier alpha value is -0.770. The van der Waals surface area contributed by atoms with E-state index in [4.69, 9.17) is 4.74 Å². The summed E-state index contributed by atoms with van der Waals surface area (Å²) in [5.41, 5.74) is 0.514. The number of guanidine groups is 1. The summed E-state index contributed by atoms with van der Waals surface area (Å²) >= 11 is 0. The zero-order valence-electron chi connectivity index (χ0n) is 13.5. The number of hydrogen-bond acceptors (Lipinski definition) is 2. The Bertz CT molecular complexity index is 311. The van der Waals surface area contributed by atoms with Gasteiger partial charge >= 0.3 is 0 Å². The molecule has 4 nitrogen and oxygen atoms in total. The van der Waals surface area contributed by atoms with Gasteiger partial charge < -0.3 is 15.0 Å². The summed E-state index contributed by atoms with van der Waals surface area (Å²) in [5.74, 6) is 1.03. The van der Waals surface area contributed by atoms with Gasteiger partial charge in [-0.25, -0.2) is 0 Å². The minimum absolute atomic E-state index is 0.167. The van der Waals surface area contributed by atoms with Gasteiger partial charge in [0.1, 0.15) is 0 Å². The molecule has 1 aliphatic heterocycles. The van der Waals surface area contributed by atoms with Gasteiger partial charge in [-0.05, 0) is 33.6 Å². The van der Waals surface area contributed by atoms with Crippen molar-refractivity contribution in [2.24, 2.45) is 10.4 Å². The van der Waals surface area contributed by atoms with Crippen LogP contribution in [0.2, 0.25) is 0 Å². The van der Waals surface area contributed by atoms with Crippen molar-refractivity contribution in [3.8, 4) is 0 Å². The first-order valence-corrected chi connectivity index (χ1v) is 7.43. The maximum absolute atomic E-state index is 5.34. The summed E-state index contributed by atoms with van der Waals surface area (Å²) in [6.45, 7) is 15.0. The highest BCUT2D eigenvalue weighted by atomic mass is 16.5. The first kappa shape index (κ1) is 16.3. The Morgan fingerprint density at radius 1 is 1.26 bits per heavy atom. The van der Waals surface area contributed by atoms with Gasteiger partial charge in [0.15, 0.2) is 5.96 Å². The van der Waals surface area contributed by atoms with E-state index in [2.05, 4.69) is 42.9 Å². The van der Waals surface area contributed by atoms with Crippen molar-refractivity contribution in [3.05, 3.63) is 0 Å². The maximum Gasteiger partial charge on any atom is 0.194 e. The largest absolute Gasteiger partial charge is 0.382 e. The monoisotopic (exact) mass is 269 g/mol. The molecule has 1 saturated heterocycles. The highest BCUT2D eigenvalue weighted by molar-refractivity contribution is 5.81. The molecule has 0 unspecified atom stereocenters. The van der Waals surface area contributed by atoms with Gasteiger partial charge in [-0.1, -0.05) is 13.8 Å². The number of unbranched alkanes of at least 4 members (excludes halogenated alkanes) is 1. The second-order valence-electron chi connectivity index (χ2n) is 6.41. The van der Waals surface area contributed by atoms with Crippen LogP contribution in [0.4, 0.5) is 0 Å². The van der Waals surface area contributed by atoms with Crippen molar-refractivity contribution < 1.29 is 4.74 Å². The predicted molar refractivity (Wildman–Crippen MR) is 81.7 cm³/mol. The molecule has 0 radical (unpaired) electrons. The van der Waals surface area contributed by atoms with Crippen molar-refractivity contribution in [2.75, 3.05) is 33.4 Å². The summed E-state index contributed by atoms with van der Waals surface area (Å²) in [6.07, 6.45) is 2.23. The van der Waals surface area contributed by atoms with Gasteiger partial charge in [0.25, 0.3) is 0 Å². The summed E-state index contributed by atoms with van der Waals surface area (Å²) in [4.78, 5) is 6.78. The van der Waals surface area contributed by atoms with E-state index in [0.717, 1.165) is 45.1 Å². The molecule has 1 fully saturated rings. The Labute approximate surface area is 118 Å². The third-order valence-corrected chi connectivity index (χ3v) is 4.55. The van der Waals surface area contributed by atoms with Crippen LogP contribution in [0.3, 0.4) is 0 Å². The number of likely N-dealkylation sites (tertiary alicyclic amines) is 1. The van der Waals surface area contributed by atoms with Crippen LogP contribution < -0.4 is 5.32 Å². The molecule has 1 rings (SSSR count). The standard InChI is InChI=1S/C15H31N3O/c1-7-19-11-9-8-10-17-13(16-6)18-12-14(2,3)15(18,4)5/h7-12H2,1-6H3,(H,16,17). The van der Waals surface area contributed by atoms with Crippen LogP contribution in [-0.4, -0.2) is 49.7 Å². The minimum Gasteiger partial charge on any atom is -0.382 e. The molecule has 4 heteroatoms. The highest BCUT2D eigenvalue weighted by Crippen LogP contribution is 2.46. The van der Waals surface area contributed by atoms with Crippen molar-refractivity contribution >= 4 is 5.96 Å². The lowest BCUT2D eigenvalue weighted by Crippen LogP contribution is -2.72. The van der Waals surface area contributed by atoms with Crippen molar-refractivity contribution in [1.29, 1.82) is 0 Å². The first-order valence-electron chi connectivity index (χ1n) is 7.43. The minimum atomic E-state index is 0.167. The van der Waals surface area contributed by atoms with Crippen molar-refractivity contribution in [3.63, 3.8) is 0 Å². The zero-order chi connectivity index (χ0) is 14.5. The van der Waals surface area contributed by atoms with Crippen LogP contribution in [0.1, 0.15) is 47.5 Å². The third kappa shape index (κ3) is 3.62. The van der Waals surface area contributed by atoms with Gasteiger partial charge in [-0.3, -0.25) is 4.99 Å². The molecular weight excluding hydrogens is 238 g/mol. The van der Waals surface area contributed by atoms with E-state index in [1.54, 1.807) is 0 Å². The second kappa shape index (κ2) is 6.60. The van der Waals surface area contributed by atoms with Crippen molar-refractivity contribution in [2.45, 2.75) is 53.0 Å². The van der Waals surface area contributed by atoms with Crippen LogP contribution in [0.15, 0.2) is 4.99 Å². The van der Waals surface area contributed by atoms with E-state index in [9.17, 15) is 0 Å². The Kier molecular flexibility index (Phi) is 5.65. The molecule has 19 heavy (non-hydrogen) atoms. The Balaban J connectivity index is 2.32. The molecule has 112 valence electrons. The second-order valence-corrected chi connectivity index (χ2v) is 6.41. The van der Waals surface area contributed by atoms with Crippen molar-refractivity contribution in [1.82, 2.24) is 10.2 Å². The summed E-state index contributed by atoms with van der Waals surface area (Å²) < 4.78 is 5.34. The molecule has 0 aliphatic carbocycles. The van der Waals surface area contributed by atoms with Crippen LogP contribution >= 0.6 is 0 Å². The van der Waals surface area contributed by atoms with Gasteiger partial charge in [0.05, 0.1) is 0 Å². The lowest BCUT2D eigenvalue weighted by molar-refractivity contribution is -0.0667. The Morgan fingerprint density at radius 3 is 2.42 bits per heavy atom. The molecule has 0 amide bonds. The number of hydrogen-bond donors (Lipinski definition) is 1. The van der Waals surface area contributed by atoms with E-state index in [1.165, 1.54) is 0 Å². The molecular formula is C15H31N3O. The molecule has 0 bridgehead atoms. The van der Waals surface area contributed by atoms with Crippen LogP contribution in [-0.2, 0) is 4.74 Å². The lowest BCUT2D eigenvalue weighted by atomic mass is 9.65. The fraction of sp³-hybridized carbons (Fsp3) is 0.933. The number of ether oxygens (including phenoxy) is 1. The topological polar surface area (TPSA) is 36.9 Å². The Morgan fingerprint density at radius 2 is 1.95 bits per heavy atom. The average Bonchev–Trinajstić information content (AvgIpc) is 2.36. The quantitative estimate of drug-likeness (QED) is 0.457. The maximum atomic E-state index is 5.34. The molecule has 0 saturated carbocycles. The fourth-order valence-electron chi connectivity index (χ4n) is 2.37. The molecule has 1 N–H and O–H groups in total. The summed E-state index contributed by atoms with van der Waals surface area (Å²) in [5, 5.41) is 3.46. The average molecular weight is 269 g/mol. The van der Waals surface area contributed by atoms with Crippen LogP contribution in [0.5, 0.6) is 0 Å². The number of nitrogens with one attached hydrogen (secondary N) is 1. The van der Waals surface area contributed by atoms with Gasteiger partial charge in [-0.15, -0.1) is 0 Å². The first-order chi connectivity index (χ1) is 8.86. The number of rotatable bonds is 6. The molecule has 0 spiro atoms. The highest BCUT2D eigenvalue weighted by Gasteiger charge is 2.53. The lowest BCUT2D eigenvalue weighted by Gasteiger charge is -2.62. The molecule has 0 aromatic heterocycles. The SMILES string of the molecule is CCOCCCCNC(=NC)N1CC(C)(C)C1(C)C. The third-order valence-electron chi connectivity index (χ3n) is 4.55. The van der Waals surface area contributed by atoms with Gasteiger partial charge in [0, 0.05) is 44.3 Å². The fourth-order valence-corrected chi connectivity index (χ4v) is 2.37. The van der Waals surface area contributed by atoms with E-state index < -0.39 is 0 Å². The molecule has 0 atom stereocenters. The van der Waals surface area contributed by atoms with Gasteiger partial charge in [-0.2, -0.15) is 0 Å². The summed E-state index contributed by atoms with van der Waals surface area (Å²) in [7, 11) is 1.87.